The summed E-state index contributed by atoms with van der Waals surface area (Å²) in [6.07, 6.45) is 2.64. The highest BCUT2D eigenvalue weighted by Crippen LogP contribution is 2.19. The number of carbonyl (C=O) groups is 2. The van der Waals surface area contributed by atoms with Crippen LogP contribution in [-0.4, -0.2) is 26.8 Å². The molecule has 0 unspecified atom stereocenters. The Hall–Kier alpha value is -2.41. The van der Waals surface area contributed by atoms with Gasteiger partial charge in [0.1, 0.15) is 5.82 Å². The number of carboxylic acid groups (broad SMARTS) is 1. The molecule has 0 spiro atoms. The van der Waals surface area contributed by atoms with Crippen molar-refractivity contribution in [3.8, 4) is 0 Å². The molecule has 2 rings (SSSR count). The first-order valence-corrected chi connectivity index (χ1v) is 6.34. The van der Waals surface area contributed by atoms with Crippen LogP contribution in [0.1, 0.15) is 16.8 Å². The number of hydrogen-bond donors (Lipinski definition) is 2. The number of carbonyl (C=O) groups excluding carboxylic acids is 1. The average Bonchev–Trinajstić information content (AvgIpc) is 2.90. The van der Waals surface area contributed by atoms with Crippen molar-refractivity contribution in [3.63, 3.8) is 0 Å². The molecule has 0 saturated heterocycles. The van der Waals surface area contributed by atoms with Gasteiger partial charge in [0.05, 0.1) is 16.8 Å². The number of anilines is 1. The Balaban J connectivity index is 1.89. The minimum atomic E-state index is -1.08. The Morgan fingerprint density at radius 3 is 2.81 bits per heavy atom. The van der Waals surface area contributed by atoms with E-state index in [-0.39, 0.29) is 29.5 Å². The fourth-order valence-electron chi connectivity index (χ4n) is 1.61. The zero-order chi connectivity index (χ0) is 15.4. The van der Waals surface area contributed by atoms with Gasteiger partial charge in [-0.05, 0) is 18.2 Å². The Morgan fingerprint density at radius 2 is 2.19 bits per heavy atom. The van der Waals surface area contributed by atoms with Crippen molar-refractivity contribution in [2.45, 2.75) is 13.0 Å². The van der Waals surface area contributed by atoms with E-state index in [1.54, 1.807) is 0 Å². The minimum absolute atomic E-state index is 0.0562. The number of rotatable bonds is 5. The number of halogens is 2. The molecule has 1 heterocycles. The van der Waals surface area contributed by atoms with Crippen molar-refractivity contribution >= 4 is 29.2 Å². The van der Waals surface area contributed by atoms with E-state index in [2.05, 4.69) is 10.4 Å². The van der Waals surface area contributed by atoms with Gasteiger partial charge in [0.25, 0.3) is 0 Å². The first-order chi connectivity index (χ1) is 9.95. The highest BCUT2D eigenvalue weighted by atomic mass is 35.5. The van der Waals surface area contributed by atoms with Crippen molar-refractivity contribution in [3.05, 3.63) is 47.0 Å². The first kappa shape index (κ1) is 15.0. The predicted molar refractivity (Wildman–Crippen MR) is 73.8 cm³/mol. The second-order valence-corrected chi connectivity index (χ2v) is 4.63. The normalized spacial score (nSPS) is 10.4. The van der Waals surface area contributed by atoms with Gasteiger partial charge in [0.2, 0.25) is 5.91 Å². The number of aromatic carboxylic acids is 1. The lowest BCUT2D eigenvalue weighted by Gasteiger charge is -2.06. The summed E-state index contributed by atoms with van der Waals surface area (Å²) in [6.45, 7) is 0.230. The van der Waals surface area contributed by atoms with Crippen LogP contribution in [0.25, 0.3) is 0 Å². The maximum absolute atomic E-state index is 13.0. The van der Waals surface area contributed by atoms with E-state index in [0.717, 1.165) is 6.07 Å². The molecule has 1 amide bonds. The van der Waals surface area contributed by atoms with Gasteiger partial charge in [-0.25, -0.2) is 9.18 Å². The van der Waals surface area contributed by atoms with E-state index in [0.29, 0.717) is 5.69 Å². The van der Waals surface area contributed by atoms with Crippen molar-refractivity contribution in [1.29, 1.82) is 0 Å². The van der Waals surface area contributed by atoms with E-state index >= 15 is 0 Å². The van der Waals surface area contributed by atoms with Crippen molar-refractivity contribution in [2.24, 2.45) is 0 Å². The smallest absolute Gasteiger partial charge is 0.338 e. The summed E-state index contributed by atoms with van der Waals surface area (Å²) < 4.78 is 14.3. The number of nitrogens with zero attached hydrogens (tertiary/aromatic N) is 2. The number of aryl methyl sites for hydroxylation is 1. The van der Waals surface area contributed by atoms with Crippen LogP contribution in [0.3, 0.4) is 0 Å². The van der Waals surface area contributed by atoms with Crippen LogP contribution in [0.5, 0.6) is 0 Å². The van der Waals surface area contributed by atoms with Gasteiger partial charge in [-0.1, -0.05) is 11.6 Å². The minimum Gasteiger partial charge on any atom is -0.478 e. The molecular formula is C13H11ClFN3O3. The maximum Gasteiger partial charge on any atom is 0.338 e. The van der Waals surface area contributed by atoms with Crippen LogP contribution >= 0.6 is 11.6 Å². The lowest BCUT2D eigenvalue weighted by molar-refractivity contribution is -0.116. The predicted octanol–water partition coefficient (Wildman–Crippen LogP) is 2.40. The highest BCUT2D eigenvalue weighted by Gasteiger charge is 2.08. The molecular weight excluding hydrogens is 301 g/mol. The summed E-state index contributed by atoms with van der Waals surface area (Å²) in [5.74, 6) is -1.95. The van der Waals surface area contributed by atoms with Crippen LogP contribution in [-0.2, 0) is 11.3 Å². The monoisotopic (exact) mass is 311 g/mol. The second-order valence-electron chi connectivity index (χ2n) is 4.22. The van der Waals surface area contributed by atoms with E-state index < -0.39 is 11.8 Å². The molecule has 2 N–H and O–H groups in total. The Bertz CT molecular complexity index is 687. The molecule has 0 aliphatic heterocycles. The first-order valence-electron chi connectivity index (χ1n) is 5.96. The van der Waals surface area contributed by atoms with Gasteiger partial charge < -0.3 is 10.4 Å². The molecule has 8 heteroatoms. The summed E-state index contributed by atoms with van der Waals surface area (Å²) in [6, 6.07) is 3.87. The third-order valence-corrected chi connectivity index (χ3v) is 2.94. The van der Waals surface area contributed by atoms with E-state index in [1.807, 2.05) is 0 Å². The maximum atomic E-state index is 13.0. The molecule has 2 aromatic rings. The SMILES string of the molecule is O=C(CCn1cc(C(=O)O)cn1)Nc1ccc(F)c(Cl)c1. The molecule has 0 aliphatic carbocycles. The summed E-state index contributed by atoms with van der Waals surface area (Å²) in [4.78, 5) is 22.4. The molecule has 0 aliphatic rings. The number of nitrogens with one attached hydrogen (secondary N) is 1. The van der Waals surface area contributed by atoms with Crippen molar-refractivity contribution < 1.29 is 19.1 Å². The van der Waals surface area contributed by atoms with Gasteiger partial charge in [-0.3, -0.25) is 9.48 Å². The summed E-state index contributed by atoms with van der Waals surface area (Å²) in [7, 11) is 0. The Morgan fingerprint density at radius 1 is 1.43 bits per heavy atom. The fourth-order valence-corrected chi connectivity index (χ4v) is 1.79. The highest BCUT2D eigenvalue weighted by molar-refractivity contribution is 6.31. The summed E-state index contributed by atoms with van der Waals surface area (Å²) >= 11 is 5.61. The summed E-state index contributed by atoms with van der Waals surface area (Å²) in [5, 5.41) is 15.1. The van der Waals surface area contributed by atoms with E-state index in [1.165, 1.54) is 29.2 Å². The Kier molecular flexibility index (Phi) is 4.54. The molecule has 0 radical (unpaired) electrons. The van der Waals surface area contributed by atoms with Gasteiger partial charge >= 0.3 is 5.97 Å². The number of carboxylic acids is 1. The van der Waals surface area contributed by atoms with Gasteiger partial charge in [-0.2, -0.15) is 5.10 Å². The quantitative estimate of drug-likeness (QED) is 0.888. The molecule has 1 aromatic heterocycles. The largest absolute Gasteiger partial charge is 0.478 e. The van der Waals surface area contributed by atoms with Crippen LogP contribution in [0.15, 0.2) is 30.6 Å². The molecule has 0 atom stereocenters. The lowest BCUT2D eigenvalue weighted by atomic mass is 10.3. The third-order valence-electron chi connectivity index (χ3n) is 2.65. The van der Waals surface area contributed by atoms with Gasteiger partial charge in [0.15, 0.2) is 0 Å². The van der Waals surface area contributed by atoms with E-state index in [4.69, 9.17) is 16.7 Å². The molecule has 0 fully saturated rings. The van der Waals surface area contributed by atoms with Crippen molar-refractivity contribution in [1.82, 2.24) is 9.78 Å². The fraction of sp³-hybridized carbons (Fsp3) is 0.154. The van der Waals surface area contributed by atoms with Crippen LogP contribution in [0.2, 0.25) is 5.02 Å². The standard InChI is InChI=1S/C13H11ClFN3O3/c14-10-5-9(1-2-11(10)15)17-12(19)3-4-18-7-8(6-16-18)13(20)21/h1-2,5-7H,3-4H2,(H,17,19)(H,20,21). The number of amides is 1. The molecule has 1 aromatic carbocycles. The lowest BCUT2D eigenvalue weighted by Crippen LogP contribution is -2.14. The number of aromatic nitrogens is 2. The van der Waals surface area contributed by atoms with Crippen LogP contribution in [0, 0.1) is 5.82 Å². The van der Waals surface area contributed by atoms with Crippen LogP contribution in [0.4, 0.5) is 10.1 Å². The average molecular weight is 312 g/mol. The second kappa shape index (κ2) is 6.36. The number of hydrogen-bond acceptors (Lipinski definition) is 3. The molecule has 0 bridgehead atoms. The van der Waals surface area contributed by atoms with Crippen molar-refractivity contribution in [2.75, 3.05) is 5.32 Å². The number of benzene rings is 1. The molecule has 21 heavy (non-hydrogen) atoms. The third kappa shape index (κ3) is 4.03. The topological polar surface area (TPSA) is 84.2 Å². The zero-order valence-corrected chi connectivity index (χ0v) is 11.5. The van der Waals surface area contributed by atoms with Gasteiger partial charge in [0, 0.05) is 24.8 Å². The zero-order valence-electron chi connectivity index (χ0n) is 10.7. The molecule has 0 saturated carbocycles. The molecule has 110 valence electrons. The summed E-state index contributed by atoms with van der Waals surface area (Å²) in [5.41, 5.74) is 0.443. The molecule has 6 nitrogen and oxygen atoms in total. The van der Waals surface area contributed by atoms with E-state index in [9.17, 15) is 14.0 Å². The Labute approximate surface area is 124 Å². The van der Waals surface area contributed by atoms with Gasteiger partial charge in [-0.15, -0.1) is 0 Å². The van der Waals surface area contributed by atoms with Crippen LogP contribution < -0.4 is 5.32 Å².